The Hall–Kier alpha value is -3.79. The molecule has 0 aliphatic heterocycles. The molecule has 0 amide bonds. The number of aromatic nitrogens is 1. The summed E-state index contributed by atoms with van der Waals surface area (Å²) in [6, 6.07) is 25.1. The van der Waals surface area contributed by atoms with Crippen LogP contribution in [-0.2, 0) is 6.61 Å². The summed E-state index contributed by atoms with van der Waals surface area (Å²) in [5, 5.41) is 11.6. The van der Waals surface area contributed by atoms with Gasteiger partial charge < -0.3 is 14.3 Å². The summed E-state index contributed by atoms with van der Waals surface area (Å²) in [4.78, 5) is 4.47. The van der Waals surface area contributed by atoms with Crippen molar-refractivity contribution in [3.05, 3.63) is 90.6 Å². The molecule has 28 heavy (non-hydrogen) atoms. The molecule has 0 fully saturated rings. The van der Waals surface area contributed by atoms with Crippen LogP contribution in [0.1, 0.15) is 5.56 Å². The molecule has 136 valence electrons. The fourth-order valence-corrected chi connectivity index (χ4v) is 3.45. The van der Waals surface area contributed by atoms with Crippen molar-refractivity contribution in [2.75, 3.05) is 0 Å². The van der Waals surface area contributed by atoms with Gasteiger partial charge in [-0.3, -0.25) is 0 Å². The third-order valence-electron chi connectivity index (χ3n) is 4.75. The van der Waals surface area contributed by atoms with Gasteiger partial charge in [-0.15, -0.1) is 0 Å². The molecule has 2 aromatic heterocycles. The number of aromatic hydroxyl groups is 1. The smallest absolute Gasteiger partial charge is 0.228 e. The van der Waals surface area contributed by atoms with E-state index in [1.807, 2.05) is 60.7 Å². The highest BCUT2D eigenvalue weighted by Crippen LogP contribution is 2.42. The average Bonchev–Trinajstić information content (AvgIpc) is 3.11. The van der Waals surface area contributed by atoms with Gasteiger partial charge in [0.15, 0.2) is 0 Å². The molecule has 0 bridgehead atoms. The van der Waals surface area contributed by atoms with Crippen molar-refractivity contribution >= 4 is 22.1 Å². The summed E-state index contributed by atoms with van der Waals surface area (Å²) in [6.07, 6.45) is 1.70. The maximum absolute atomic E-state index is 10.00. The van der Waals surface area contributed by atoms with Crippen LogP contribution in [0.3, 0.4) is 0 Å². The number of pyridine rings is 1. The fraction of sp³-hybridized carbons (Fsp3) is 0.0417. The second kappa shape index (κ2) is 6.74. The number of benzene rings is 3. The third kappa shape index (κ3) is 2.85. The normalized spacial score (nSPS) is 11.1. The van der Waals surface area contributed by atoms with Crippen LogP contribution < -0.4 is 4.74 Å². The van der Waals surface area contributed by atoms with Gasteiger partial charge in [0.05, 0.1) is 11.6 Å². The van der Waals surface area contributed by atoms with Gasteiger partial charge in [0, 0.05) is 10.9 Å². The summed E-state index contributed by atoms with van der Waals surface area (Å²) >= 11 is 0. The number of phenolic OH excluding ortho intramolecular Hbond substituents is 1. The van der Waals surface area contributed by atoms with Crippen LogP contribution in [0.4, 0.5) is 0 Å². The Kier molecular flexibility index (Phi) is 3.95. The molecular formula is C24H17NO3. The molecule has 0 atom stereocenters. The lowest BCUT2D eigenvalue weighted by atomic mass is 10.0. The molecule has 2 heterocycles. The molecule has 4 heteroatoms. The van der Waals surface area contributed by atoms with Gasteiger partial charge in [-0.25, -0.2) is 4.98 Å². The zero-order valence-electron chi connectivity index (χ0n) is 15.0. The zero-order chi connectivity index (χ0) is 18.9. The molecule has 0 saturated carbocycles. The van der Waals surface area contributed by atoms with Gasteiger partial charge in [0.2, 0.25) is 5.71 Å². The second-order valence-electron chi connectivity index (χ2n) is 6.60. The van der Waals surface area contributed by atoms with E-state index < -0.39 is 0 Å². The Morgan fingerprint density at radius 3 is 2.43 bits per heavy atom. The van der Waals surface area contributed by atoms with Crippen molar-refractivity contribution in [2.45, 2.75) is 6.61 Å². The molecule has 0 aliphatic rings. The van der Waals surface area contributed by atoms with E-state index >= 15 is 0 Å². The van der Waals surface area contributed by atoms with Crippen molar-refractivity contribution in [1.82, 2.24) is 4.98 Å². The molecule has 5 aromatic rings. The number of hydrogen-bond donors (Lipinski definition) is 1. The van der Waals surface area contributed by atoms with Crippen LogP contribution in [0.5, 0.6) is 11.5 Å². The summed E-state index contributed by atoms with van der Waals surface area (Å²) in [5.41, 5.74) is 4.19. The van der Waals surface area contributed by atoms with E-state index in [0.29, 0.717) is 23.7 Å². The van der Waals surface area contributed by atoms with Crippen molar-refractivity contribution in [2.24, 2.45) is 0 Å². The highest BCUT2D eigenvalue weighted by Gasteiger charge is 2.19. The first-order chi connectivity index (χ1) is 13.8. The molecule has 4 nitrogen and oxygen atoms in total. The molecular weight excluding hydrogens is 350 g/mol. The van der Waals surface area contributed by atoms with Crippen LogP contribution in [-0.4, -0.2) is 10.1 Å². The summed E-state index contributed by atoms with van der Waals surface area (Å²) < 4.78 is 12.1. The highest BCUT2D eigenvalue weighted by atomic mass is 16.5. The Morgan fingerprint density at radius 2 is 1.64 bits per heavy atom. The van der Waals surface area contributed by atoms with E-state index in [0.717, 1.165) is 27.5 Å². The van der Waals surface area contributed by atoms with Gasteiger partial charge in [0.1, 0.15) is 23.7 Å². The number of phenols is 1. The maximum atomic E-state index is 10.00. The minimum absolute atomic E-state index is 0.185. The van der Waals surface area contributed by atoms with Crippen molar-refractivity contribution in [3.63, 3.8) is 0 Å². The number of nitrogens with zero attached hydrogens (tertiary/aromatic N) is 1. The van der Waals surface area contributed by atoms with E-state index in [-0.39, 0.29) is 5.75 Å². The third-order valence-corrected chi connectivity index (χ3v) is 4.75. The highest BCUT2D eigenvalue weighted by molar-refractivity contribution is 6.12. The van der Waals surface area contributed by atoms with Gasteiger partial charge in [-0.05, 0) is 29.3 Å². The van der Waals surface area contributed by atoms with E-state index in [1.165, 1.54) is 0 Å². The minimum Gasteiger partial charge on any atom is -0.508 e. The lowest BCUT2D eigenvalue weighted by molar-refractivity contribution is 0.306. The number of hydrogen-bond acceptors (Lipinski definition) is 4. The first-order valence-corrected chi connectivity index (χ1v) is 9.06. The Balaban J connectivity index is 1.73. The Labute approximate surface area is 161 Å². The SMILES string of the molecule is Oc1ccc2oc3ncc(OCc4ccccc4)c(-c4ccccc4)c3c2c1. The molecule has 0 spiro atoms. The fourth-order valence-electron chi connectivity index (χ4n) is 3.45. The first kappa shape index (κ1) is 16.4. The van der Waals surface area contributed by atoms with Crippen molar-refractivity contribution in [3.8, 4) is 22.6 Å². The topological polar surface area (TPSA) is 55.5 Å². The molecule has 1 N–H and O–H groups in total. The van der Waals surface area contributed by atoms with Crippen LogP contribution in [0.15, 0.2) is 89.5 Å². The number of fused-ring (bicyclic) bond motifs is 3. The number of furan rings is 1. The molecule has 0 aliphatic carbocycles. The number of rotatable bonds is 4. The second-order valence-corrected chi connectivity index (χ2v) is 6.60. The van der Waals surface area contributed by atoms with Crippen LogP contribution in [0, 0.1) is 0 Å². The Morgan fingerprint density at radius 1 is 0.893 bits per heavy atom. The molecule has 0 radical (unpaired) electrons. The standard InChI is InChI=1S/C24H17NO3/c26-18-11-12-20-19(13-18)23-22(17-9-5-2-6-10-17)21(14-25-24(23)28-20)27-15-16-7-3-1-4-8-16/h1-14,26H,15H2. The van der Waals surface area contributed by atoms with Gasteiger partial charge in [-0.1, -0.05) is 60.7 Å². The maximum Gasteiger partial charge on any atom is 0.228 e. The van der Waals surface area contributed by atoms with Crippen LogP contribution >= 0.6 is 0 Å². The Bertz CT molecular complexity index is 1260. The van der Waals surface area contributed by atoms with Crippen molar-refractivity contribution in [1.29, 1.82) is 0 Å². The van der Waals surface area contributed by atoms with E-state index in [1.54, 1.807) is 24.4 Å². The molecule has 5 rings (SSSR count). The van der Waals surface area contributed by atoms with E-state index in [2.05, 4.69) is 4.98 Å². The van der Waals surface area contributed by atoms with Crippen LogP contribution in [0.25, 0.3) is 33.2 Å². The number of ether oxygens (including phenoxy) is 1. The quantitative estimate of drug-likeness (QED) is 0.427. The van der Waals surface area contributed by atoms with Gasteiger partial charge in [-0.2, -0.15) is 0 Å². The largest absolute Gasteiger partial charge is 0.508 e. The van der Waals surface area contributed by atoms with Crippen molar-refractivity contribution < 1.29 is 14.3 Å². The lowest BCUT2D eigenvalue weighted by Crippen LogP contribution is -1.98. The first-order valence-electron chi connectivity index (χ1n) is 9.06. The molecule has 0 saturated heterocycles. The van der Waals surface area contributed by atoms with E-state index in [9.17, 15) is 5.11 Å². The monoisotopic (exact) mass is 367 g/mol. The zero-order valence-corrected chi connectivity index (χ0v) is 15.0. The molecule has 0 unspecified atom stereocenters. The van der Waals surface area contributed by atoms with Gasteiger partial charge in [0.25, 0.3) is 0 Å². The summed E-state index contributed by atoms with van der Waals surface area (Å²) in [7, 11) is 0. The predicted molar refractivity (Wildman–Crippen MR) is 109 cm³/mol. The summed E-state index contributed by atoms with van der Waals surface area (Å²) in [5.74, 6) is 0.860. The summed E-state index contributed by atoms with van der Waals surface area (Å²) in [6.45, 7) is 0.439. The predicted octanol–water partition coefficient (Wildman–Crippen LogP) is 5.93. The lowest BCUT2D eigenvalue weighted by Gasteiger charge is -2.12. The van der Waals surface area contributed by atoms with Gasteiger partial charge >= 0.3 is 0 Å². The minimum atomic E-state index is 0.185. The van der Waals surface area contributed by atoms with E-state index in [4.69, 9.17) is 9.15 Å². The van der Waals surface area contributed by atoms with Crippen LogP contribution in [0.2, 0.25) is 0 Å². The average molecular weight is 367 g/mol. The molecule has 3 aromatic carbocycles.